The zero-order valence-corrected chi connectivity index (χ0v) is 12.2. The molecule has 3 rings (SSSR count). The highest BCUT2D eigenvalue weighted by molar-refractivity contribution is 5.36. The normalized spacial score (nSPS) is 27.5. The zero-order valence-electron chi connectivity index (χ0n) is 12.2. The van der Waals surface area contributed by atoms with Crippen molar-refractivity contribution >= 4 is 0 Å². The summed E-state index contributed by atoms with van der Waals surface area (Å²) in [6.07, 6.45) is 6.23. The second-order valence-corrected chi connectivity index (χ2v) is 6.39. The molecule has 0 bridgehead atoms. The summed E-state index contributed by atoms with van der Waals surface area (Å²) in [5, 5.41) is 3.65. The predicted octanol–water partition coefficient (Wildman–Crippen LogP) is 3.40. The summed E-state index contributed by atoms with van der Waals surface area (Å²) in [5.74, 6) is 0. The molecule has 1 saturated heterocycles. The van der Waals surface area contributed by atoms with Crippen LogP contribution in [0.3, 0.4) is 0 Å². The first-order chi connectivity index (χ1) is 9.16. The average molecular weight is 259 g/mol. The molecule has 2 nitrogen and oxygen atoms in total. The molecule has 0 radical (unpaired) electrons. The van der Waals surface area contributed by atoms with E-state index in [1.807, 2.05) is 0 Å². The minimum absolute atomic E-state index is 0.0466. The van der Waals surface area contributed by atoms with Gasteiger partial charge in [0.05, 0.1) is 5.60 Å². The molecule has 1 N–H and O–H groups in total. The van der Waals surface area contributed by atoms with Crippen LogP contribution in [-0.4, -0.2) is 18.8 Å². The molecule has 1 heterocycles. The van der Waals surface area contributed by atoms with Crippen LogP contribution in [0, 0.1) is 0 Å². The zero-order chi connectivity index (χ0) is 13.3. The van der Waals surface area contributed by atoms with Crippen LogP contribution in [0.4, 0.5) is 0 Å². The number of benzene rings is 1. The number of nitrogens with one attached hydrogen (secondary N) is 1. The fourth-order valence-corrected chi connectivity index (χ4v) is 3.32. The molecule has 104 valence electrons. The monoisotopic (exact) mass is 259 g/mol. The third-order valence-corrected chi connectivity index (χ3v) is 4.71. The molecular formula is C17H25NO. The fourth-order valence-electron chi connectivity index (χ4n) is 3.32. The molecule has 1 fully saturated rings. The van der Waals surface area contributed by atoms with Crippen LogP contribution in [0.5, 0.6) is 0 Å². The minimum atomic E-state index is 0.0466. The van der Waals surface area contributed by atoms with Crippen molar-refractivity contribution in [3.8, 4) is 0 Å². The third-order valence-electron chi connectivity index (χ3n) is 4.71. The highest BCUT2D eigenvalue weighted by Crippen LogP contribution is 2.27. The molecule has 1 aliphatic carbocycles. The first-order valence-electron chi connectivity index (χ1n) is 7.65. The number of ether oxygens (including phenoxy) is 1. The van der Waals surface area contributed by atoms with E-state index in [1.54, 1.807) is 11.1 Å². The van der Waals surface area contributed by atoms with Gasteiger partial charge in [-0.15, -0.1) is 0 Å². The van der Waals surface area contributed by atoms with E-state index in [4.69, 9.17) is 4.74 Å². The van der Waals surface area contributed by atoms with Crippen LogP contribution in [0.15, 0.2) is 18.2 Å². The van der Waals surface area contributed by atoms with E-state index < -0.39 is 0 Å². The Kier molecular flexibility index (Phi) is 3.64. The van der Waals surface area contributed by atoms with Crippen LogP contribution < -0.4 is 5.32 Å². The summed E-state index contributed by atoms with van der Waals surface area (Å²) in [6.45, 7) is 6.36. The topological polar surface area (TPSA) is 21.3 Å². The smallest absolute Gasteiger partial charge is 0.0779 e. The summed E-state index contributed by atoms with van der Waals surface area (Å²) >= 11 is 0. The highest BCUT2D eigenvalue weighted by atomic mass is 16.5. The van der Waals surface area contributed by atoms with Crippen LogP contribution in [0.25, 0.3) is 0 Å². The number of hydrogen-bond acceptors (Lipinski definition) is 2. The van der Waals surface area contributed by atoms with E-state index in [1.165, 1.54) is 37.7 Å². The number of fused-ring (bicyclic) bond motifs is 1. The lowest BCUT2D eigenvalue weighted by molar-refractivity contribution is 0.0191. The van der Waals surface area contributed by atoms with Gasteiger partial charge in [0.2, 0.25) is 0 Å². The van der Waals surface area contributed by atoms with Crippen LogP contribution in [0.1, 0.15) is 55.8 Å². The highest BCUT2D eigenvalue weighted by Gasteiger charge is 2.29. The van der Waals surface area contributed by atoms with Crippen LogP contribution in [0.2, 0.25) is 0 Å². The quantitative estimate of drug-likeness (QED) is 0.895. The van der Waals surface area contributed by atoms with Gasteiger partial charge in [-0.3, -0.25) is 0 Å². The number of aryl methyl sites for hydroxylation is 2. The molecule has 0 spiro atoms. The largest absolute Gasteiger partial charge is 0.374 e. The van der Waals surface area contributed by atoms with E-state index >= 15 is 0 Å². The minimum Gasteiger partial charge on any atom is -0.374 e. The summed E-state index contributed by atoms with van der Waals surface area (Å²) in [4.78, 5) is 0. The molecule has 2 unspecified atom stereocenters. The van der Waals surface area contributed by atoms with Crippen LogP contribution in [-0.2, 0) is 17.6 Å². The van der Waals surface area contributed by atoms with Gasteiger partial charge in [0, 0.05) is 19.2 Å². The maximum absolute atomic E-state index is 5.84. The van der Waals surface area contributed by atoms with Crippen molar-refractivity contribution in [1.82, 2.24) is 5.32 Å². The summed E-state index contributed by atoms with van der Waals surface area (Å²) in [6, 6.07) is 7.42. The molecule has 0 amide bonds. The molecule has 1 aliphatic heterocycles. The summed E-state index contributed by atoms with van der Waals surface area (Å²) in [5.41, 5.74) is 4.59. The first-order valence-corrected chi connectivity index (χ1v) is 7.65. The lowest BCUT2D eigenvalue weighted by atomic mass is 9.99. The van der Waals surface area contributed by atoms with Crippen molar-refractivity contribution in [3.63, 3.8) is 0 Å². The van der Waals surface area contributed by atoms with Gasteiger partial charge in [-0.2, -0.15) is 0 Å². The van der Waals surface area contributed by atoms with E-state index in [2.05, 4.69) is 37.4 Å². The second kappa shape index (κ2) is 5.26. The van der Waals surface area contributed by atoms with Gasteiger partial charge in [-0.05, 0) is 62.6 Å². The molecule has 2 heteroatoms. The van der Waals surface area contributed by atoms with Gasteiger partial charge in [-0.1, -0.05) is 18.2 Å². The predicted molar refractivity (Wildman–Crippen MR) is 78.5 cm³/mol. The Bertz CT molecular complexity index is 449. The van der Waals surface area contributed by atoms with Crippen molar-refractivity contribution in [2.45, 2.75) is 57.6 Å². The van der Waals surface area contributed by atoms with Gasteiger partial charge in [-0.25, -0.2) is 0 Å². The molecular weight excluding hydrogens is 234 g/mol. The lowest BCUT2D eigenvalue weighted by Gasteiger charge is -2.26. The second-order valence-electron chi connectivity index (χ2n) is 6.39. The van der Waals surface area contributed by atoms with Gasteiger partial charge in [0.25, 0.3) is 0 Å². The Morgan fingerprint density at radius 1 is 1.26 bits per heavy atom. The lowest BCUT2D eigenvalue weighted by Crippen LogP contribution is -2.38. The van der Waals surface area contributed by atoms with Crippen molar-refractivity contribution in [3.05, 3.63) is 34.9 Å². The summed E-state index contributed by atoms with van der Waals surface area (Å²) in [7, 11) is 0. The molecule has 0 aromatic heterocycles. The SMILES string of the molecule is CC(NCC1(C)CCCO1)c1ccc2c(c1)CCC2. The molecule has 0 saturated carbocycles. The Balaban J connectivity index is 1.62. The van der Waals surface area contributed by atoms with Crippen molar-refractivity contribution in [2.75, 3.05) is 13.2 Å². The van der Waals surface area contributed by atoms with E-state index in [9.17, 15) is 0 Å². The Morgan fingerprint density at radius 3 is 2.89 bits per heavy atom. The summed E-state index contributed by atoms with van der Waals surface area (Å²) < 4.78 is 5.84. The van der Waals surface area contributed by atoms with Crippen LogP contribution >= 0.6 is 0 Å². The molecule has 2 aliphatic rings. The number of rotatable bonds is 4. The Morgan fingerprint density at radius 2 is 2.11 bits per heavy atom. The standard InChI is InChI=1S/C17H25NO/c1-13(18-12-17(2)9-4-10-19-17)15-8-7-14-5-3-6-16(14)11-15/h7-8,11,13,18H,3-6,9-10,12H2,1-2H3. The van der Waals surface area contributed by atoms with Gasteiger partial charge in [0.1, 0.15) is 0 Å². The molecule has 1 aromatic rings. The average Bonchev–Trinajstić information content (AvgIpc) is 3.04. The Hall–Kier alpha value is -0.860. The third kappa shape index (κ3) is 2.85. The maximum Gasteiger partial charge on any atom is 0.0779 e. The maximum atomic E-state index is 5.84. The fraction of sp³-hybridized carbons (Fsp3) is 0.647. The molecule has 2 atom stereocenters. The van der Waals surface area contributed by atoms with Gasteiger partial charge in [0.15, 0.2) is 0 Å². The van der Waals surface area contributed by atoms with E-state index in [0.29, 0.717) is 6.04 Å². The van der Waals surface area contributed by atoms with Crippen molar-refractivity contribution in [1.29, 1.82) is 0 Å². The Labute approximate surface area is 116 Å². The molecule has 1 aromatic carbocycles. The van der Waals surface area contributed by atoms with Gasteiger partial charge < -0.3 is 10.1 Å². The van der Waals surface area contributed by atoms with E-state index in [-0.39, 0.29) is 5.60 Å². The molecule has 19 heavy (non-hydrogen) atoms. The van der Waals surface area contributed by atoms with Crippen molar-refractivity contribution in [2.24, 2.45) is 0 Å². The van der Waals surface area contributed by atoms with E-state index in [0.717, 1.165) is 13.2 Å². The first kappa shape index (κ1) is 13.1. The van der Waals surface area contributed by atoms with Gasteiger partial charge >= 0.3 is 0 Å². The van der Waals surface area contributed by atoms with Crippen molar-refractivity contribution < 1.29 is 4.74 Å². The number of hydrogen-bond donors (Lipinski definition) is 1.